The molecule has 0 fully saturated rings. The van der Waals surface area contributed by atoms with Gasteiger partial charge in [-0.15, -0.1) is 0 Å². The van der Waals surface area contributed by atoms with E-state index in [0.717, 1.165) is 5.57 Å². The van der Waals surface area contributed by atoms with Crippen LogP contribution in [0.2, 0.25) is 0 Å². The average molecular weight is 183 g/mol. The summed E-state index contributed by atoms with van der Waals surface area (Å²) in [5.41, 5.74) is 1.73. The Hall–Kier alpha value is -1.09. The van der Waals surface area contributed by atoms with Gasteiger partial charge in [0.05, 0.1) is 7.11 Å². The molecule has 0 radical (unpaired) electrons. The third-order valence-electron chi connectivity index (χ3n) is 1.80. The number of rotatable bonds is 3. The molecule has 0 saturated heterocycles. The first kappa shape index (κ1) is 11.9. The van der Waals surface area contributed by atoms with E-state index in [1.807, 2.05) is 26.0 Å². The van der Waals surface area contributed by atoms with Crippen molar-refractivity contribution >= 4 is 5.91 Å². The molecule has 0 saturated carbocycles. The lowest BCUT2D eigenvalue weighted by Crippen LogP contribution is -2.26. The molecule has 13 heavy (non-hydrogen) atoms. The van der Waals surface area contributed by atoms with E-state index in [1.165, 1.54) is 12.2 Å². The molecular weight excluding hydrogens is 166 g/mol. The first-order chi connectivity index (χ1) is 6.02. The van der Waals surface area contributed by atoms with Gasteiger partial charge in [0.15, 0.2) is 0 Å². The van der Waals surface area contributed by atoms with Gasteiger partial charge in [-0.3, -0.25) is 9.63 Å². The number of carbonyl (C=O) groups excluding carboxylic acids is 1. The fourth-order valence-corrected chi connectivity index (χ4v) is 0.818. The number of amides is 1. The molecule has 3 heteroatoms. The monoisotopic (exact) mass is 183 g/mol. The zero-order valence-corrected chi connectivity index (χ0v) is 8.92. The molecule has 0 spiro atoms. The smallest absolute Gasteiger partial charge is 0.272 e. The van der Waals surface area contributed by atoms with Crippen molar-refractivity contribution in [3.63, 3.8) is 0 Å². The average Bonchev–Trinajstić information content (AvgIpc) is 2.14. The minimum atomic E-state index is -0.122. The lowest BCUT2D eigenvalue weighted by molar-refractivity contribution is -0.163. The molecule has 0 aromatic rings. The van der Waals surface area contributed by atoms with E-state index in [4.69, 9.17) is 4.84 Å². The number of allylic oxidation sites excluding steroid dienone is 3. The van der Waals surface area contributed by atoms with Crippen molar-refractivity contribution in [2.24, 2.45) is 0 Å². The number of nitrogens with zero attached hydrogens (tertiary/aromatic N) is 1. The van der Waals surface area contributed by atoms with Gasteiger partial charge in [-0.2, -0.15) is 0 Å². The molecule has 0 atom stereocenters. The van der Waals surface area contributed by atoms with Gasteiger partial charge in [0.25, 0.3) is 5.91 Å². The van der Waals surface area contributed by atoms with Gasteiger partial charge >= 0.3 is 0 Å². The largest absolute Gasteiger partial charge is 0.274 e. The van der Waals surface area contributed by atoms with Crippen LogP contribution in [0.15, 0.2) is 23.3 Å². The fraction of sp³-hybridized carbons (Fsp3) is 0.500. The van der Waals surface area contributed by atoms with Crippen LogP contribution in [0.3, 0.4) is 0 Å². The van der Waals surface area contributed by atoms with Crippen LogP contribution >= 0.6 is 0 Å². The standard InChI is InChI=1S/C10H17NO2/c1-6-8(2)7-9(3)10(12)11(4)13-5/h6-7H,1-5H3/b8-6-,9-7+. The second kappa shape index (κ2) is 5.54. The molecule has 0 aromatic heterocycles. The van der Waals surface area contributed by atoms with E-state index in [9.17, 15) is 4.79 Å². The summed E-state index contributed by atoms with van der Waals surface area (Å²) in [5, 5.41) is 1.20. The topological polar surface area (TPSA) is 29.5 Å². The van der Waals surface area contributed by atoms with Crippen molar-refractivity contribution in [2.45, 2.75) is 20.8 Å². The van der Waals surface area contributed by atoms with Gasteiger partial charge in [0.2, 0.25) is 0 Å². The normalized spacial score (nSPS) is 13.0. The number of hydrogen-bond donors (Lipinski definition) is 0. The van der Waals surface area contributed by atoms with Crippen LogP contribution in [0, 0.1) is 0 Å². The van der Waals surface area contributed by atoms with Crippen LogP contribution in [0.1, 0.15) is 20.8 Å². The van der Waals surface area contributed by atoms with Gasteiger partial charge in [0.1, 0.15) is 0 Å². The molecule has 0 aliphatic rings. The van der Waals surface area contributed by atoms with Crippen LogP contribution in [-0.2, 0) is 9.63 Å². The molecule has 74 valence electrons. The highest BCUT2D eigenvalue weighted by molar-refractivity contribution is 5.92. The molecule has 1 amide bonds. The Morgan fingerprint density at radius 3 is 2.31 bits per heavy atom. The Morgan fingerprint density at radius 2 is 1.92 bits per heavy atom. The van der Waals surface area contributed by atoms with Crippen molar-refractivity contribution in [1.29, 1.82) is 0 Å². The van der Waals surface area contributed by atoms with E-state index < -0.39 is 0 Å². The van der Waals surface area contributed by atoms with Crippen LogP contribution in [-0.4, -0.2) is 25.1 Å². The number of likely N-dealkylation sites (N-methyl/N-ethyl adjacent to an activating group) is 1. The predicted octanol–water partition coefficient (Wildman–Crippen LogP) is 1.92. The number of hydrogen-bond acceptors (Lipinski definition) is 2. The molecule has 0 aromatic carbocycles. The van der Waals surface area contributed by atoms with Crippen molar-refractivity contribution in [2.75, 3.05) is 14.2 Å². The summed E-state index contributed by atoms with van der Waals surface area (Å²) in [6.45, 7) is 5.65. The highest BCUT2D eigenvalue weighted by Crippen LogP contribution is 2.04. The van der Waals surface area contributed by atoms with Gasteiger partial charge in [-0.1, -0.05) is 17.7 Å². The fourth-order valence-electron chi connectivity index (χ4n) is 0.818. The number of carbonyl (C=O) groups is 1. The Bertz CT molecular complexity index is 241. The molecule has 0 rings (SSSR count). The Morgan fingerprint density at radius 1 is 1.38 bits per heavy atom. The van der Waals surface area contributed by atoms with Crippen molar-refractivity contribution in [3.8, 4) is 0 Å². The van der Waals surface area contributed by atoms with E-state index in [1.54, 1.807) is 14.0 Å². The Kier molecular flexibility index (Phi) is 5.07. The molecular formula is C10H17NO2. The predicted molar refractivity (Wildman–Crippen MR) is 53.0 cm³/mol. The van der Waals surface area contributed by atoms with Crippen molar-refractivity contribution < 1.29 is 9.63 Å². The highest BCUT2D eigenvalue weighted by atomic mass is 16.7. The minimum absolute atomic E-state index is 0.122. The van der Waals surface area contributed by atoms with Crippen molar-refractivity contribution in [1.82, 2.24) is 5.06 Å². The summed E-state index contributed by atoms with van der Waals surface area (Å²) < 4.78 is 0. The molecule has 0 unspecified atom stereocenters. The zero-order chi connectivity index (χ0) is 10.4. The van der Waals surface area contributed by atoms with Gasteiger partial charge in [-0.05, 0) is 20.8 Å². The summed E-state index contributed by atoms with van der Waals surface area (Å²) in [5.74, 6) is -0.122. The van der Waals surface area contributed by atoms with E-state index in [-0.39, 0.29) is 5.91 Å². The first-order valence-corrected chi connectivity index (χ1v) is 4.16. The molecule has 3 nitrogen and oxygen atoms in total. The van der Waals surface area contributed by atoms with Crippen molar-refractivity contribution in [3.05, 3.63) is 23.3 Å². The third kappa shape index (κ3) is 3.90. The quantitative estimate of drug-likeness (QED) is 0.380. The summed E-state index contributed by atoms with van der Waals surface area (Å²) in [4.78, 5) is 16.2. The second-order valence-electron chi connectivity index (χ2n) is 2.85. The minimum Gasteiger partial charge on any atom is -0.274 e. The van der Waals surface area contributed by atoms with Crippen LogP contribution in [0.4, 0.5) is 0 Å². The molecule has 0 bridgehead atoms. The highest BCUT2D eigenvalue weighted by Gasteiger charge is 2.09. The second-order valence-corrected chi connectivity index (χ2v) is 2.85. The molecule has 0 aliphatic carbocycles. The van der Waals surface area contributed by atoms with Crippen LogP contribution in [0.5, 0.6) is 0 Å². The van der Waals surface area contributed by atoms with E-state index in [2.05, 4.69) is 0 Å². The summed E-state index contributed by atoms with van der Waals surface area (Å²) in [7, 11) is 3.05. The zero-order valence-electron chi connectivity index (χ0n) is 8.92. The SMILES string of the molecule is C/C=C(C)\C=C(/C)C(=O)N(C)OC. The molecule has 0 aliphatic heterocycles. The Labute approximate surface area is 79.6 Å². The lowest BCUT2D eigenvalue weighted by atomic mass is 10.2. The maximum Gasteiger partial charge on any atom is 0.272 e. The Balaban J connectivity index is 4.51. The van der Waals surface area contributed by atoms with E-state index >= 15 is 0 Å². The lowest BCUT2D eigenvalue weighted by Gasteiger charge is -2.13. The first-order valence-electron chi connectivity index (χ1n) is 4.16. The third-order valence-corrected chi connectivity index (χ3v) is 1.80. The van der Waals surface area contributed by atoms with Gasteiger partial charge < -0.3 is 0 Å². The maximum absolute atomic E-state index is 11.4. The van der Waals surface area contributed by atoms with Gasteiger partial charge in [0, 0.05) is 12.6 Å². The molecule has 0 heterocycles. The van der Waals surface area contributed by atoms with E-state index in [0.29, 0.717) is 5.57 Å². The summed E-state index contributed by atoms with van der Waals surface area (Å²) in [6, 6.07) is 0. The number of hydroxylamine groups is 2. The van der Waals surface area contributed by atoms with Gasteiger partial charge in [-0.25, -0.2) is 5.06 Å². The van der Waals surface area contributed by atoms with Crippen LogP contribution in [0.25, 0.3) is 0 Å². The summed E-state index contributed by atoms with van der Waals surface area (Å²) >= 11 is 0. The van der Waals surface area contributed by atoms with Crippen LogP contribution < -0.4 is 0 Å². The maximum atomic E-state index is 11.4. The molecule has 0 N–H and O–H groups in total. The summed E-state index contributed by atoms with van der Waals surface area (Å²) in [6.07, 6.45) is 3.78.